The lowest BCUT2D eigenvalue weighted by molar-refractivity contribution is 1.38. The van der Waals surface area contributed by atoms with Gasteiger partial charge >= 0.3 is 0 Å². The molecular formula is C6H3N5. The molecule has 0 amide bonds. The van der Waals surface area contributed by atoms with Crippen LogP contribution >= 0.6 is 0 Å². The zero-order valence-corrected chi connectivity index (χ0v) is 5.42. The molecule has 0 unspecified atom stereocenters. The molecule has 0 radical (unpaired) electrons. The van der Waals surface area contributed by atoms with Crippen LogP contribution in [0, 0.1) is 39.4 Å². The summed E-state index contributed by atoms with van der Waals surface area (Å²) in [5, 5.41) is 31.6. The van der Waals surface area contributed by atoms with E-state index < -0.39 is 11.4 Å². The number of hydrogen-bond donors (Lipinski definition) is 2. The molecule has 0 aromatic heterocycles. The predicted molar refractivity (Wildman–Crippen MR) is 35.8 cm³/mol. The molecule has 0 aromatic carbocycles. The Hall–Kier alpha value is -2.32. The average Bonchev–Trinajstić information content (AvgIpc) is 1.99. The van der Waals surface area contributed by atoms with Crippen LogP contribution in [0.3, 0.4) is 0 Å². The minimum Gasteiger partial charge on any atom is -0.383 e. The summed E-state index contributed by atoms with van der Waals surface area (Å²) in [7, 11) is 0. The summed E-state index contributed by atoms with van der Waals surface area (Å²) in [6, 6.07) is 4.41. The quantitative estimate of drug-likeness (QED) is 0.301. The number of nitrogens with one attached hydrogen (secondary N) is 1. The van der Waals surface area contributed by atoms with E-state index in [9.17, 15) is 0 Å². The van der Waals surface area contributed by atoms with Crippen LogP contribution in [-0.4, -0.2) is 5.84 Å². The molecule has 5 heteroatoms. The van der Waals surface area contributed by atoms with Gasteiger partial charge in [0.1, 0.15) is 29.6 Å². The van der Waals surface area contributed by atoms with E-state index in [2.05, 4.69) is 0 Å². The van der Waals surface area contributed by atoms with Crippen LogP contribution in [0.4, 0.5) is 0 Å². The summed E-state index contributed by atoms with van der Waals surface area (Å²) in [4.78, 5) is 0. The van der Waals surface area contributed by atoms with Gasteiger partial charge in [-0.2, -0.15) is 15.8 Å². The largest absolute Gasteiger partial charge is 0.383 e. The third-order valence-corrected chi connectivity index (χ3v) is 0.855. The average molecular weight is 145 g/mol. The molecule has 3 N–H and O–H groups in total. The molecule has 11 heavy (non-hydrogen) atoms. The van der Waals surface area contributed by atoms with E-state index in [0.29, 0.717) is 0 Å². The van der Waals surface area contributed by atoms with Crippen molar-refractivity contribution in [3.63, 3.8) is 0 Å². The van der Waals surface area contributed by atoms with Gasteiger partial charge in [0.15, 0.2) is 5.57 Å². The predicted octanol–water partition coefficient (Wildman–Crippen LogP) is -0.210. The zero-order chi connectivity index (χ0) is 8.85. The molecule has 0 aliphatic heterocycles. The molecule has 52 valence electrons. The molecule has 0 atom stereocenters. The molecule has 5 nitrogen and oxygen atoms in total. The van der Waals surface area contributed by atoms with Crippen molar-refractivity contribution < 1.29 is 0 Å². The van der Waals surface area contributed by atoms with Crippen LogP contribution in [0.1, 0.15) is 0 Å². The maximum Gasteiger partial charge on any atom is 0.151 e. The molecule has 0 spiro atoms. The molecule has 0 bridgehead atoms. The summed E-state index contributed by atoms with van der Waals surface area (Å²) in [5.41, 5.74) is 4.09. The smallest absolute Gasteiger partial charge is 0.151 e. The Balaban J connectivity index is 5.25. The van der Waals surface area contributed by atoms with Gasteiger partial charge in [-0.3, -0.25) is 5.41 Å². The Morgan fingerprint density at radius 3 is 1.64 bits per heavy atom. The number of allylic oxidation sites excluding steroid dienone is 1. The van der Waals surface area contributed by atoms with Gasteiger partial charge < -0.3 is 5.73 Å². The van der Waals surface area contributed by atoms with Crippen LogP contribution in [0.15, 0.2) is 11.1 Å². The number of hydrogen-bond acceptors (Lipinski definition) is 4. The molecule has 0 aliphatic carbocycles. The van der Waals surface area contributed by atoms with Gasteiger partial charge in [0.05, 0.1) is 0 Å². The van der Waals surface area contributed by atoms with Crippen molar-refractivity contribution in [1.29, 1.82) is 21.2 Å². The third kappa shape index (κ3) is 1.82. The first-order valence-electron chi connectivity index (χ1n) is 2.46. The van der Waals surface area contributed by atoms with Crippen molar-refractivity contribution in [2.24, 2.45) is 5.73 Å². The van der Waals surface area contributed by atoms with E-state index in [1.54, 1.807) is 0 Å². The first-order valence-corrected chi connectivity index (χ1v) is 2.46. The Kier molecular flexibility index (Phi) is 2.89. The topological polar surface area (TPSA) is 121 Å². The van der Waals surface area contributed by atoms with Crippen LogP contribution < -0.4 is 5.73 Å². The van der Waals surface area contributed by atoms with Gasteiger partial charge in [0, 0.05) is 0 Å². The van der Waals surface area contributed by atoms with Crippen LogP contribution in [-0.2, 0) is 0 Å². The van der Waals surface area contributed by atoms with E-state index in [1.165, 1.54) is 18.2 Å². The second-order valence-electron chi connectivity index (χ2n) is 1.50. The van der Waals surface area contributed by atoms with Gasteiger partial charge in [0.2, 0.25) is 0 Å². The fourth-order valence-electron chi connectivity index (χ4n) is 0.388. The highest BCUT2D eigenvalue weighted by Crippen LogP contribution is 1.99. The normalized spacial score (nSPS) is 6.64. The highest BCUT2D eigenvalue weighted by Gasteiger charge is 2.07. The van der Waals surface area contributed by atoms with Crippen molar-refractivity contribution >= 4 is 5.84 Å². The van der Waals surface area contributed by atoms with Crippen molar-refractivity contribution in [2.45, 2.75) is 0 Å². The highest BCUT2D eigenvalue weighted by atomic mass is 14.7. The zero-order valence-electron chi connectivity index (χ0n) is 5.42. The van der Waals surface area contributed by atoms with E-state index in [0.717, 1.165) is 0 Å². The van der Waals surface area contributed by atoms with Gasteiger partial charge in [-0.1, -0.05) is 0 Å². The lowest BCUT2D eigenvalue weighted by Crippen LogP contribution is -2.13. The molecule has 0 saturated carbocycles. The van der Waals surface area contributed by atoms with Gasteiger partial charge in [0.25, 0.3) is 0 Å². The molecular weight excluding hydrogens is 142 g/mol. The number of nitrogens with zero attached hydrogens (tertiary/aromatic N) is 3. The summed E-state index contributed by atoms with van der Waals surface area (Å²) in [6.07, 6.45) is 0. The second kappa shape index (κ2) is 3.66. The molecule has 0 rings (SSSR count). The number of amidine groups is 1. The van der Waals surface area contributed by atoms with Gasteiger partial charge in [-0.25, -0.2) is 0 Å². The van der Waals surface area contributed by atoms with Crippen molar-refractivity contribution in [1.82, 2.24) is 0 Å². The van der Waals surface area contributed by atoms with E-state index in [1.807, 2.05) is 0 Å². The maximum atomic E-state index is 8.30. The van der Waals surface area contributed by atoms with Gasteiger partial charge in [-0.05, 0) is 0 Å². The monoisotopic (exact) mass is 145 g/mol. The van der Waals surface area contributed by atoms with E-state index >= 15 is 0 Å². The van der Waals surface area contributed by atoms with E-state index in [-0.39, 0.29) is 5.57 Å². The lowest BCUT2D eigenvalue weighted by Gasteiger charge is -1.90. The molecule has 0 aliphatic rings. The Morgan fingerprint density at radius 2 is 1.55 bits per heavy atom. The van der Waals surface area contributed by atoms with Crippen molar-refractivity contribution in [3.8, 4) is 18.2 Å². The van der Waals surface area contributed by atoms with Crippen LogP contribution in [0.2, 0.25) is 0 Å². The highest BCUT2D eigenvalue weighted by molar-refractivity contribution is 6.00. The lowest BCUT2D eigenvalue weighted by atomic mass is 10.1. The van der Waals surface area contributed by atoms with E-state index in [4.69, 9.17) is 26.9 Å². The molecule has 0 heterocycles. The first-order chi connectivity index (χ1) is 5.17. The summed E-state index contributed by atoms with van der Waals surface area (Å²) in [6.45, 7) is 0. The van der Waals surface area contributed by atoms with Crippen LogP contribution in [0.25, 0.3) is 0 Å². The minimum atomic E-state index is -0.564. The number of rotatable bonds is 1. The van der Waals surface area contributed by atoms with Crippen LogP contribution in [0.5, 0.6) is 0 Å². The standard InChI is InChI=1S/C6H3N5/c7-1-4(2-8)5(3-9)6(10)11/h(H3,10,11). The third-order valence-electron chi connectivity index (χ3n) is 0.855. The van der Waals surface area contributed by atoms with Crippen molar-refractivity contribution in [3.05, 3.63) is 11.1 Å². The van der Waals surface area contributed by atoms with Gasteiger partial charge in [-0.15, -0.1) is 0 Å². The SMILES string of the molecule is N#CC(C#N)=C(C#N)C(=N)N. The maximum absolute atomic E-state index is 8.30. The summed E-state index contributed by atoms with van der Waals surface area (Å²) in [5.74, 6) is -0.564. The molecule has 0 aromatic rings. The number of nitriles is 3. The first kappa shape index (κ1) is 8.68. The Morgan fingerprint density at radius 1 is 1.09 bits per heavy atom. The molecule has 0 fully saturated rings. The Labute approximate surface area is 63.1 Å². The summed E-state index contributed by atoms with van der Waals surface area (Å²) >= 11 is 0. The molecule has 0 saturated heterocycles. The Bertz CT molecular complexity index is 313. The number of nitrogens with two attached hydrogens (primary N) is 1. The minimum absolute atomic E-state index is 0.380. The fourth-order valence-corrected chi connectivity index (χ4v) is 0.388. The summed E-state index contributed by atoms with van der Waals surface area (Å²) < 4.78 is 0. The second-order valence-corrected chi connectivity index (χ2v) is 1.50. The fraction of sp³-hybridized carbons (Fsp3) is 0. The van der Waals surface area contributed by atoms with Crippen molar-refractivity contribution in [2.75, 3.05) is 0 Å².